The molecule has 1 aromatic heterocycles. The van der Waals surface area contributed by atoms with Gasteiger partial charge in [-0.25, -0.2) is 9.37 Å². The molecule has 0 saturated carbocycles. The molecule has 0 radical (unpaired) electrons. The van der Waals surface area contributed by atoms with E-state index >= 15 is 0 Å². The van der Waals surface area contributed by atoms with Crippen molar-refractivity contribution in [2.75, 3.05) is 6.54 Å². The van der Waals surface area contributed by atoms with Crippen LogP contribution in [0, 0.1) is 5.82 Å². The molecule has 1 atom stereocenters. The van der Waals surface area contributed by atoms with Crippen LogP contribution in [0.2, 0.25) is 0 Å². The number of carbonyl (C=O) groups excluding carboxylic acids is 2. The van der Waals surface area contributed by atoms with Crippen LogP contribution >= 0.6 is 0 Å². The summed E-state index contributed by atoms with van der Waals surface area (Å²) in [4.78, 5) is 31.1. The summed E-state index contributed by atoms with van der Waals surface area (Å²) in [5, 5.41) is 10.9. The van der Waals surface area contributed by atoms with Crippen LogP contribution in [0.25, 0.3) is 5.76 Å². The lowest BCUT2D eigenvalue weighted by Gasteiger charge is -2.25. The summed E-state index contributed by atoms with van der Waals surface area (Å²) >= 11 is 0. The highest BCUT2D eigenvalue weighted by atomic mass is 19.1. The molecular weight excluding hydrogens is 385 g/mol. The first-order chi connectivity index (χ1) is 14.6. The molecule has 2 heterocycles. The summed E-state index contributed by atoms with van der Waals surface area (Å²) in [6, 6.07) is 13.5. The minimum Gasteiger partial charge on any atom is -0.507 e. The summed E-state index contributed by atoms with van der Waals surface area (Å²) in [5.74, 6) is -2.07. The number of Topliss-reactive ketones (excluding diaryl/α,β-unsaturated/α-hetero) is 1. The molecule has 1 fully saturated rings. The molecular formula is C23H20FN3O3. The van der Waals surface area contributed by atoms with Gasteiger partial charge in [0.15, 0.2) is 0 Å². The summed E-state index contributed by atoms with van der Waals surface area (Å²) in [6.07, 6.45) is 5.76. The number of aliphatic hydroxyl groups excluding tert-OH is 1. The van der Waals surface area contributed by atoms with Crippen molar-refractivity contribution in [2.24, 2.45) is 0 Å². The van der Waals surface area contributed by atoms with Gasteiger partial charge in [-0.05, 0) is 24.1 Å². The maximum absolute atomic E-state index is 13.5. The highest BCUT2D eigenvalue weighted by Crippen LogP contribution is 2.39. The number of aromatic nitrogens is 2. The van der Waals surface area contributed by atoms with Gasteiger partial charge in [0.2, 0.25) is 0 Å². The number of imidazole rings is 1. The van der Waals surface area contributed by atoms with Crippen LogP contribution in [0.3, 0.4) is 0 Å². The van der Waals surface area contributed by atoms with E-state index in [0.29, 0.717) is 30.6 Å². The van der Waals surface area contributed by atoms with Crippen molar-refractivity contribution in [3.8, 4) is 0 Å². The van der Waals surface area contributed by atoms with Gasteiger partial charge in [0.05, 0.1) is 17.9 Å². The van der Waals surface area contributed by atoms with Crippen molar-refractivity contribution in [3.05, 3.63) is 95.8 Å². The minimum atomic E-state index is -0.784. The maximum atomic E-state index is 13.5. The zero-order valence-electron chi connectivity index (χ0n) is 16.1. The Morgan fingerprint density at radius 3 is 2.43 bits per heavy atom. The van der Waals surface area contributed by atoms with Gasteiger partial charge < -0.3 is 14.6 Å². The number of carbonyl (C=O) groups is 2. The largest absolute Gasteiger partial charge is 0.507 e. The zero-order chi connectivity index (χ0) is 21.1. The number of halogens is 1. The highest BCUT2D eigenvalue weighted by molar-refractivity contribution is 6.46. The molecule has 1 N–H and O–H groups in total. The van der Waals surface area contributed by atoms with Crippen molar-refractivity contribution in [1.82, 2.24) is 14.5 Å². The van der Waals surface area contributed by atoms with Crippen LogP contribution in [0.1, 0.15) is 23.6 Å². The number of benzene rings is 2. The SMILES string of the molecule is O=C1C(=O)N(CCCn2ccnc2)C(c2ccc(F)cc2)C1=C(O)c1ccccc1. The highest BCUT2D eigenvalue weighted by Gasteiger charge is 2.45. The van der Waals surface area contributed by atoms with E-state index in [4.69, 9.17) is 0 Å². The number of aliphatic hydroxyl groups is 1. The smallest absolute Gasteiger partial charge is 0.295 e. The fourth-order valence-corrected chi connectivity index (χ4v) is 3.70. The Hall–Kier alpha value is -3.74. The molecule has 30 heavy (non-hydrogen) atoms. The van der Waals surface area contributed by atoms with Gasteiger partial charge in [-0.2, -0.15) is 0 Å². The molecule has 0 spiro atoms. The Balaban J connectivity index is 1.72. The molecule has 0 bridgehead atoms. The Bertz CT molecular complexity index is 1080. The van der Waals surface area contributed by atoms with Crippen molar-refractivity contribution in [3.63, 3.8) is 0 Å². The molecule has 4 rings (SSSR count). The molecule has 7 heteroatoms. The topological polar surface area (TPSA) is 75.4 Å². The third kappa shape index (κ3) is 3.74. The number of aryl methyl sites for hydroxylation is 1. The molecule has 0 aliphatic carbocycles. The van der Waals surface area contributed by atoms with Crippen LogP contribution in [0.15, 0.2) is 78.9 Å². The maximum Gasteiger partial charge on any atom is 0.295 e. The summed E-state index contributed by atoms with van der Waals surface area (Å²) < 4.78 is 15.4. The molecule has 1 saturated heterocycles. The second-order valence-corrected chi connectivity index (χ2v) is 7.06. The van der Waals surface area contributed by atoms with Gasteiger partial charge in [0.25, 0.3) is 11.7 Å². The predicted octanol–water partition coefficient (Wildman–Crippen LogP) is 3.53. The minimum absolute atomic E-state index is 0.0143. The second-order valence-electron chi connectivity index (χ2n) is 7.06. The number of hydrogen-bond acceptors (Lipinski definition) is 4. The monoisotopic (exact) mass is 405 g/mol. The molecule has 1 amide bonds. The third-order valence-corrected chi connectivity index (χ3v) is 5.15. The van der Waals surface area contributed by atoms with Crippen molar-refractivity contribution < 1.29 is 19.1 Å². The lowest BCUT2D eigenvalue weighted by molar-refractivity contribution is -0.139. The number of nitrogens with zero attached hydrogens (tertiary/aromatic N) is 3. The number of amides is 1. The molecule has 1 aliphatic heterocycles. The van der Waals surface area contributed by atoms with Crippen LogP contribution in [-0.4, -0.2) is 37.8 Å². The van der Waals surface area contributed by atoms with E-state index in [1.54, 1.807) is 42.9 Å². The Kier molecular flexibility index (Phi) is 5.43. The van der Waals surface area contributed by atoms with Gasteiger partial charge in [0, 0.05) is 31.0 Å². The summed E-state index contributed by atoms with van der Waals surface area (Å²) in [6.45, 7) is 0.925. The quantitative estimate of drug-likeness (QED) is 0.387. The van der Waals surface area contributed by atoms with E-state index < -0.39 is 23.5 Å². The molecule has 1 unspecified atom stereocenters. The normalized spacial score (nSPS) is 18.2. The number of hydrogen-bond donors (Lipinski definition) is 1. The van der Waals surface area contributed by atoms with Crippen molar-refractivity contribution in [2.45, 2.75) is 19.0 Å². The Labute approximate surface area is 172 Å². The van der Waals surface area contributed by atoms with Gasteiger partial charge in [0.1, 0.15) is 11.6 Å². The molecule has 152 valence electrons. The standard InChI is InChI=1S/C23H20FN3O3/c24-18-9-7-16(8-10-18)20-19(21(28)17-5-2-1-3-6-17)22(29)23(30)27(20)13-4-12-26-14-11-25-15-26/h1-3,5-11,14-15,20,28H,4,12-13H2. The lowest BCUT2D eigenvalue weighted by Crippen LogP contribution is -2.31. The lowest BCUT2D eigenvalue weighted by atomic mass is 9.95. The second kappa shape index (κ2) is 8.32. The van der Waals surface area contributed by atoms with E-state index in [1.807, 2.05) is 10.8 Å². The zero-order valence-corrected chi connectivity index (χ0v) is 16.1. The average Bonchev–Trinajstić information content (AvgIpc) is 3.37. The average molecular weight is 405 g/mol. The van der Waals surface area contributed by atoms with Gasteiger partial charge in [-0.15, -0.1) is 0 Å². The fourth-order valence-electron chi connectivity index (χ4n) is 3.70. The molecule has 2 aromatic carbocycles. The first-order valence-corrected chi connectivity index (χ1v) is 9.61. The fraction of sp³-hybridized carbons (Fsp3) is 0.174. The Morgan fingerprint density at radius 2 is 1.77 bits per heavy atom. The number of likely N-dealkylation sites (tertiary alicyclic amines) is 1. The van der Waals surface area contributed by atoms with Crippen LogP contribution in [-0.2, 0) is 16.1 Å². The predicted molar refractivity (Wildman–Crippen MR) is 109 cm³/mol. The van der Waals surface area contributed by atoms with E-state index in [2.05, 4.69) is 4.98 Å². The first-order valence-electron chi connectivity index (χ1n) is 9.61. The van der Waals surface area contributed by atoms with Gasteiger partial charge in [-0.1, -0.05) is 42.5 Å². The van der Waals surface area contributed by atoms with E-state index in [-0.39, 0.29) is 11.3 Å². The molecule has 3 aromatic rings. The van der Waals surface area contributed by atoms with Crippen molar-refractivity contribution in [1.29, 1.82) is 0 Å². The van der Waals surface area contributed by atoms with Gasteiger partial charge >= 0.3 is 0 Å². The van der Waals surface area contributed by atoms with Gasteiger partial charge in [-0.3, -0.25) is 9.59 Å². The molecule has 6 nitrogen and oxygen atoms in total. The van der Waals surface area contributed by atoms with Crippen LogP contribution < -0.4 is 0 Å². The van der Waals surface area contributed by atoms with E-state index in [9.17, 15) is 19.1 Å². The summed E-state index contributed by atoms with van der Waals surface area (Å²) in [7, 11) is 0. The first kappa shape index (κ1) is 19.6. The van der Waals surface area contributed by atoms with E-state index in [0.717, 1.165) is 0 Å². The Morgan fingerprint density at radius 1 is 1.03 bits per heavy atom. The van der Waals surface area contributed by atoms with Crippen LogP contribution in [0.5, 0.6) is 0 Å². The number of rotatable bonds is 6. The third-order valence-electron chi connectivity index (χ3n) is 5.15. The van der Waals surface area contributed by atoms with Crippen LogP contribution in [0.4, 0.5) is 4.39 Å². The number of ketones is 1. The summed E-state index contributed by atoms with van der Waals surface area (Å²) in [5.41, 5.74) is 1.03. The van der Waals surface area contributed by atoms with E-state index in [1.165, 1.54) is 29.2 Å². The van der Waals surface area contributed by atoms with Crippen molar-refractivity contribution >= 4 is 17.4 Å². The molecule has 1 aliphatic rings.